The predicted molar refractivity (Wildman–Crippen MR) is 145 cm³/mol. The van der Waals surface area contributed by atoms with E-state index in [1.165, 1.54) is 29.5 Å². The molecule has 34 heavy (non-hydrogen) atoms. The molecule has 0 spiro atoms. The Kier molecular flexibility index (Phi) is 7.33. The van der Waals surface area contributed by atoms with Crippen molar-refractivity contribution in [2.75, 3.05) is 0 Å². The summed E-state index contributed by atoms with van der Waals surface area (Å²) in [6.45, 7) is 6.69. The van der Waals surface area contributed by atoms with Gasteiger partial charge in [0.1, 0.15) is 19.2 Å². The van der Waals surface area contributed by atoms with Crippen molar-refractivity contribution in [3.63, 3.8) is 0 Å². The van der Waals surface area contributed by atoms with Crippen LogP contribution in [0.2, 0.25) is 13.1 Å². The highest BCUT2D eigenvalue weighted by atomic mass is 79.9. The summed E-state index contributed by atoms with van der Waals surface area (Å²) >= 11 is 3.68. The molecule has 174 valence electrons. The summed E-state index contributed by atoms with van der Waals surface area (Å²) in [5.41, 5.74) is 1.04. The standard InChI is InChI=1S/C28H27BrF2OSi2/c1-21(27-11-7-8-12-28(27)29)32-34(25-17-13-22(30)14-18-25,26-19-15-23(31)16-20-26)33(2,3)24-9-5-4-6-10-24/h4-21H,1-3H3. The van der Waals surface area contributed by atoms with Gasteiger partial charge in [-0.15, -0.1) is 0 Å². The van der Waals surface area contributed by atoms with Crippen LogP contribution in [-0.4, -0.2) is 15.4 Å². The van der Waals surface area contributed by atoms with Crippen LogP contribution in [0.1, 0.15) is 18.6 Å². The quantitative estimate of drug-likeness (QED) is 0.246. The van der Waals surface area contributed by atoms with E-state index >= 15 is 0 Å². The fourth-order valence-electron chi connectivity index (χ4n) is 4.73. The lowest BCUT2D eigenvalue weighted by atomic mass is 10.1. The lowest BCUT2D eigenvalue weighted by Crippen LogP contribution is -2.80. The van der Waals surface area contributed by atoms with Crippen LogP contribution in [0.3, 0.4) is 0 Å². The molecule has 0 N–H and O–H groups in total. The van der Waals surface area contributed by atoms with Crippen molar-refractivity contribution in [2.24, 2.45) is 0 Å². The molecule has 0 aromatic heterocycles. The molecular formula is C28H27BrF2OSi2. The maximum Gasteiger partial charge on any atom is 0.246 e. The van der Waals surface area contributed by atoms with Gasteiger partial charge in [0, 0.05) is 4.47 Å². The Bertz CT molecular complexity index is 1200. The first kappa shape index (κ1) is 24.7. The second kappa shape index (κ2) is 10.1. The first-order valence-electron chi connectivity index (χ1n) is 11.3. The number of rotatable bonds is 7. The molecule has 0 aliphatic carbocycles. The summed E-state index contributed by atoms with van der Waals surface area (Å²) in [6.07, 6.45) is -0.243. The molecule has 0 fully saturated rings. The Morgan fingerprint density at radius 1 is 0.647 bits per heavy atom. The van der Waals surface area contributed by atoms with E-state index in [1.54, 1.807) is 0 Å². The average Bonchev–Trinajstić information content (AvgIpc) is 2.84. The van der Waals surface area contributed by atoms with E-state index in [1.807, 2.05) is 48.5 Å². The monoisotopic (exact) mass is 552 g/mol. The number of halogens is 3. The normalized spacial score (nSPS) is 13.0. The van der Waals surface area contributed by atoms with Crippen LogP contribution in [0.5, 0.6) is 0 Å². The molecular weight excluding hydrogens is 526 g/mol. The molecule has 0 aliphatic heterocycles. The number of hydrogen-bond acceptors (Lipinski definition) is 1. The Balaban J connectivity index is 2.01. The van der Waals surface area contributed by atoms with Gasteiger partial charge in [0.05, 0.1) is 6.10 Å². The summed E-state index contributed by atoms with van der Waals surface area (Å²) in [6, 6.07) is 31.9. The molecule has 4 rings (SSSR count). The van der Waals surface area contributed by atoms with Gasteiger partial charge < -0.3 is 4.43 Å². The number of benzene rings is 4. The summed E-state index contributed by atoms with van der Waals surface area (Å²) in [5, 5.41) is 3.22. The van der Waals surface area contributed by atoms with Crippen molar-refractivity contribution < 1.29 is 13.2 Å². The van der Waals surface area contributed by atoms with Crippen molar-refractivity contribution >= 4 is 46.9 Å². The third kappa shape index (κ3) is 4.60. The third-order valence-electron chi connectivity index (χ3n) is 6.57. The Morgan fingerprint density at radius 2 is 1.12 bits per heavy atom. The largest absolute Gasteiger partial charge is 0.404 e. The lowest BCUT2D eigenvalue weighted by molar-refractivity contribution is 0.230. The molecule has 0 bridgehead atoms. The molecule has 0 amide bonds. The molecule has 4 aromatic carbocycles. The van der Waals surface area contributed by atoms with Crippen molar-refractivity contribution in [1.29, 1.82) is 0 Å². The molecule has 0 saturated heterocycles. The highest BCUT2D eigenvalue weighted by Crippen LogP contribution is 2.32. The summed E-state index contributed by atoms with van der Waals surface area (Å²) in [7, 11) is -5.48. The molecule has 0 aliphatic rings. The zero-order valence-electron chi connectivity index (χ0n) is 19.4. The highest BCUT2D eigenvalue weighted by molar-refractivity contribution is 9.10. The lowest BCUT2D eigenvalue weighted by Gasteiger charge is -2.46. The van der Waals surface area contributed by atoms with E-state index < -0.39 is 15.4 Å². The minimum Gasteiger partial charge on any atom is -0.404 e. The van der Waals surface area contributed by atoms with Gasteiger partial charge in [-0.1, -0.05) is 107 Å². The van der Waals surface area contributed by atoms with Gasteiger partial charge in [0.25, 0.3) is 0 Å². The van der Waals surface area contributed by atoms with E-state index in [4.69, 9.17) is 4.43 Å². The maximum absolute atomic E-state index is 14.1. The van der Waals surface area contributed by atoms with Crippen molar-refractivity contribution in [3.8, 4) is 0 Å². The third-order valence-corrected chi connectivity index (χ3v) is 22.1. The summed E-state index contributed by atoms with van der Waals surface area (Å²) in [4.78, 5) is 0. The van der Waals surface area contributed by atoms with Crippen LogP contribution in [-0.2, 0) is 4.43 Å². The van der Waals surface area contributed by atoms with Gasteiger partial charge in [-0.3, -0.25) is 0 Å². The summed E-state index contributed by atoms with van der Waals surface area (Å²) in [5.74, 6) is -0.576. The van der Waals surface area contributed by atoms with E-state index in [0.29, 0.717) is 0 Å². The molecule has 1 nitrogen and oxygen atoms in total. The fourth-order valence-corrected chi connectivity index (χ4v) is 19.5. The molecule has 1 unspecified atom stereocenters. The van der Waals surface area contributed by atoms with Crippen LogP contribution in [0, 0.1) is 11.6 Å². The second-order valence-electron chi connectivity index (χ2n) is 8.97. The van der Waals surface area contributed by atoms with Crippen LogP contribution >= 0.6 is 15.9 Å². The minimum atomic E-state index is -3.05. The van der Waals surface area contributed by atoms with E-state index in [-0.39, 0.29) is 17.7 Å². The topological polar surface area (TPSA) is 9.23 Å². The van der Waals surface area contributed by atoms with Crippen LogP contribution in [0.15, 0.2) is 108 Å². The van der Waals surface area contributed by atoms with Gasteiger partial charge in [-0.25, -0.2) is 8.78 Å². The van der Waals surface area contributed by atoms with E-state index in [0.717, 1.165) is 20.4 Å². The molecule has 6 heteroatoms. The van der Waals surface area contributed by atoms with Gasteiger partial charge in [-0.05, 0) is 53.2 Å². The summed E-state index contributed by atoms with van der Waals surface area (Å²) < 4.78 is 36.4. The van der Waals surface area contributed by atoms with Crippen LogP contribution in [0.4, 0.5) is 8.78 Å². The van der Waals surface area contributed by atoms with Crippen molar-refractivity contribution in [2.45, 2.75) is 26.1 Å². The van der Waals surface area contributed by atoms with Crippen molar-refractivity contribution in [3.05, 3.63) is 125 Å². The Morgan fingerprint density at radius 3 is 1.62 bits per heavy atom. The number of hydrogen-bond donors (Lipinski definition) is 0. The average molecular weight is 554 g/mol. The van der Waals surface area contributed by atoms with E-state index in [9.17, 15) is 8.78 Å². The SMILES string of the molecule is CC(O[Si](c1ccc(F)cc1)(c1ccc(F)cc1)[Si](C)(C)c1ccccc1)c1ccccc1Br. The first-order chi connectivity index (χ1) is 16.3. The smallest absolute Gasteiger partial charge is 0.246 e. The van der Waals surface area contributed by atoms with Crippen molar-refractivity contribution in [1.82, 2.24) is 0 Å². The highest BCUT2D eigenvalue weighted by Gasteiger charge is 2.56. The molecule has 0 saturated carbocycles. The fraction of sp³-hybridized carbons (Fsp3) is 0.143. The second-order valence-corrected chi connectivity index (χ2v) is 22.3. The Hall–Kier alpha value is -2.39. The van der Waals surface area contributed by atoms with E-state index in [2.05, 4.69) is 66.3 Å². The molecule has 1 atom stereocenters. The minimum absolute atomic E-state index is 0.243. The van der Waals surface area contributed by atoms with Gasteiger partial charge in [0.2, 0.25) is 7.83 Å². The van der Waals surface area contributed by atoms with Crippen LogP contribution < -0.4 is 15.6 Å². The first-order valence-corrected chi connectivity index (χ1v) is 18.0. The van der Waals surface area contributed by atoms with Gasteiger partial charge in [-0.2, -0.15) is 0 Å². The van der Waals surface area contributed by atoms with Gasteiger partial charge >= 0.3 is 0 Å². The molecule has 4 aromatic rings. The molecule has 0 heterocycles. The predicted octanol–water partition coefficient (Wildman–Crippen LogP) is 6.26. The van der Waals surface area contributed by atoms with Crippen LogP contribution in [0.25, 0.3) is 0 Å². The van der Waals surface area contributed by atoms with Gasteiger partial charge in [0.15, 0.2) is 0 Å². The maximum atomic E-state index is 14.1. The Labute approximate surface area is 210 Å². The zero-order valence-corrected chi connectivity index (χ0v) is 23.0. The molecule has 0 radical (unpaired) electrons. The zero-order chi connectivity index (χ0) is 24.3.